The van der Waals surface area contributed by atoms with Crippen LogP contribution in [0.1, 0.15) is 12.5 Å². The molecule has 2 aromatic rings. The predicted molar refractivity (Wildman–Crippen MR) is 97.6 cm³/mol. The van der Waals surface area contributed by atoms with Gasteiger partial charge in [0.2, 0.25) is 5.91 Å². The standard InChI is InChI=1S/C19H22N2O5/c1-13(22)21-15-6-4-5-7-16(15)26-12-19(23)20-11-14-8-9-17(24-2)18(10-14)25-3/h4-10H,11-12H2,1-3H3,(H,20,23)(H,21,22). The third-order valence-corrected chi connectivity index (χ3v) is 3.49. The summed E-state index contributed by atoms with van der Waals surface area (Å²) in [5.41, 5.74) is 1.39. The zero-order valence-corrected chi connectivity index (χ0v) is 15.0. The van der Waals surface area contributed by atoms with E-state index in [2.05, 4.69) is 10.6 Å². The summed E-state index contributed by atoms with van der Waals surface area (Å²) in [6.07, 6.45) is 0. The Morgan fingerprint density at radius 1 is 0.962 bits per heavy atom. The summed E-state index contributed by atoms with van der Waals surface area (Å²) in [4.78, 5) is 23.2. The SMILES string of the molecule is COc1ccc(CNC(=O)COc2ccccc2NC(C)=O)cc1OC. The molecule has 7 heteroatoms. The van der Waals surface area contributed by atoms with Crippen LogP contribution in [0.3, 0.4) is 0 Å². The molecule has 138 valence electrons. The Bertz CT molecular complexity index is 776. The number of anilines is 1. The molecule has 2 rings (SSSR count). The van der Waals surface area contributed by atoms with E-state index in [1.165, 1.54) is 6.92 Å². The lowest BCUT2D eigenvalue weighted by Gasteiger charge is -2.12. The van der Waals surface area contributed by atoms with Crippen LogP contribution < -0.4 is 24.8 Å². The van der Waals surface area contributed by atoms with Gasteiger partial charge in [-0.05, 0) is 29.8 Å². The van der Waals surface area contributed by atoms with E-state index < -0.39 is 0 Å². The van der Waals surface area contributed by atoms with Crippen LogP contribution in [0.4, 0.5) is 5.69 Å². The van der Waals surface area contributed by atoms with Gasteiger partial charge in [0.05, 0.1) is 19.9 Å². The summed E-state index contributed by atoms with van der Waals surface area (Å²) in [5.74, 6) is 1.17. The second kappa shape index (κ2) is 9.31. The van der Waals surface area contributed by atoms with Crippen molar-refractivity contribution in [2.45, 2.75) is 13.5 Å². The number of ether oxygens (including phenoxy) is 3. The third kappa shape index (κ3) is 5.41. The average Bonchev–Trinajstić information content (AvgIpc) is 2.64. The smallest absolute Gasteiger partial charge is 0.258 e. The minimum absolute atomic E-state index is 0.163. The molecule has 2 N–H and O–H groups in total. The van der Waals surface area contributed by atoms with Gasteiger partial charge >= 0.3 is 0 Å². The van der Waals surface area contributed by atoms with Crippen LogP contribution in [0.25, 0.3) is 0 Å². The molecule has 0 aliphatic carbocycles. The van der Waals surface area contributed by atoms with Crippen molar-refractivity contribution in [2.24, 2.45) is 0 Å². The van der Waals surface area contributed by atoms with Crippen LogP contribution in [-0.4, -0.2) is 32.6 Å². The molecule has 0 unspecified atom stereocenters. The van der Waals surface area contributed by atoms with Gasteiger partial charge in [-0.15, -0.1) is 0 Å². The first kappa shape index (κ1) is 19.1. The number of hydrogen-bond acceptors (Lipinski definition) is 5. The highest BCUT2D eigenvalue weighted by Crippen LogP contribution is 2.27. The van der Waals surface area contributed by atoms with Crippen molar-refractivity contribution < 1.29 is 23.8 Å². The van der Waals surface area contributed by atoms with Crippen molar-refractivity contribution in [3.8, 4) is 17.2 Å². The highest BCUT2D eigenvalue weighted by molar-refractivity contribution is 5.90. The van der Waals surface area contributed by atoms with Crippen molar-refractivity contribution >= 4 is 17.5 Å². The molecule has 0 saturated heterocycles. The van der Waals surface area contributed by atoms with E-state index in [0.717, 1.165) is 5.56 Å². The fourth-order valence-electron chi connectivity index (χ4n) is 2.27. The number of para-hydroxylation sites is 2. The highest BCUT2D eigenvalue weighted by atomic mass is 16.5. The minimum atomic E-state index is -0.280. The first-order chi connectivity index (χ1) is 12.5. The maximum Gasteiger partial charge on any atom is 0.258 e. The first-order valence-corrected chi connectivity index (χ1v) is 8.00. The van der Waals surface area contributed by atoms with E-state index in [1.807, 2.05) is 6.07 Å². The second-order valence-corrected chi connectivity index (χ2v) is 5.43. The number of rotatable bonds is 8. The van der Waals surface area contributed by atoms with Gasteiger partial charge in [0, 0.05) is 13.5 Å². The summed E-state index contributed by atoms with van der Waals surface area (Å²) < 4.78 is 15.9. The van der Waals surface area contributed by atoms with Crippen molar-refractivity contribution in [1.82, 2.24) is 5.32 Å². The van der Waals surface area contributed by atoms with Crippen LogP contribution in [0.15, 0.2) is 42.5 Å². The fourth-order valence-corrected chi connectivity index (χ4v) is 2.27. The van der Waals surface area contributed by atoms with E-state index in [1.54, 1.807) is 50.6 Å². The number of benzene rings is 2. The molecule has 26 heavy (non-hydrogen) atoms. The molecule has 0 radical (unpaired) electrons. The Balaban J connectivity index is 1.89. The third-order valence-electron chi connectivity index (χ3n) is 3.49. The molecular formula is C19H22N2O5. The highest BCUT2D eigenvalue weighted by Gasteiger charge is 2.09. The van der Waals surface area contributed by atoms with Gasteiger partial charge in [0.15, 0.2) is 18.1 Å². The lowest BCUT2D eigenvalue weighted by Crippen LogP contribution is -2.28. The zero-order chi connectivity index (χ0) is 18.9. The largest absolute Gasteiger partial charge is 0.493 e. The Labute approximate surface area is 152 Å². The number of hydrogen-bond donors (Lipinski definition) is 2. The lowest BCUT2D eigenvalue weighted by molar-refractivity contribution is -0.123. The average molecular weight is 358 g/mol. The molecule has 0 aromatic heterocycles. The van der Waals surface area contributed by atoms with Gasteiger partial charge in [0.25, 0.3) is 5.91 Å². The molecule has 7 nitrogen and oxygen atoms in total. The van der Waals surface area contributed by atoms with Crippen LogP contribution in [0.2, 0.25) is 0 Å². The Kier molecular flexibility index (Phi) is 6.84. The Hall–Kier alpha value is -3.22. The normalized spacial score (nSPS) is 9.96. The molecule has 0 saturated carbocycles. The molecule has 0 aliphatic heterocycles. The van der Waals surface area contributed by atoms with Crippen molar-refractivity contribution in [2.75, 3.05) is 26.1 Å². The minimum Gasteiger partial charge on any atom is -0.493 e. The number of carbonyl (C=O) groups is 2. The van der Waals surface area contributed by atoms with Gasteiger partial charge in [-0.25, -0.2) is 0 Å². The summed E-state index contributed by atoms with van der Waals surface area (Å²) in [7, 11) is 3.12. The van der Waals surface area contributed by atoms with E-state index >= 15 is 0 Å². The van der Waals surface area contributed by atoms with E-state index in [0.29, 0.717) is 29.5 Å². The van der Waals surface area contributed by atoms with Crippen LogP contribution in [-0.2, 0) is 16.1 Å². The van der Waals surface area contributed by atoms with Gasteiger partial charge in [0.1, 0.15) is 5.75 Å². The maximum absolute atomic E-state index is 12.0. The lowest BCUT2D eigenvalue weighted by atomic mass is 10.2. The number of nitrogens with one attached hydrogen (secondary N) is 2. The molecular weight excluding hydrogens is 336 g/mol. The fraction of sp³-hybridized carbons (Fsp3) is 0.263. The van der Waals surface area contributed by atoms with Crippen molar-refractivity contribution in [3.05, 3.63) is 48.0 Å². The Morgan fingerprint density at radius 2 is 1.69 bits per heavy atom. The van der Waals surface area contributed by atoms with Crippen LogP contribution in [0.5, 0.6) is 17.2 Å². The molecule has 0 spiro atoms. The maximum atomic E-state index is 12.0. The molecule has 0 bridgehead atoms. The number of methoxy groups -OCH3 is 2. The van der Waals surface area contributed by atoms with Crippen molar-refractivity contribution in [3.63, 3.8) is 0 Å². The van der Waals surface area contributed by atoms with E-state index in [-0.39, 0.29) is 18.4 Å². The van der Waals surface area contributed by atoms with Gasteiger partial charge in [-0.2, -0.15) is 0 Å². The van der Waals surface area contributed by atoms with Gasteiger partial charge in [-0.1, -0.05) is 18.2 Å². The summed E-state index contributed by atoms with van der Waals surface area (Å²) in [5, 5.41) is 5.43. The quantitative estimate of drug-likeness (QED) is 0.757. The van der Waals surface area contributed by atoms with Crippen LogP contribution >= 0.6 is 0 Å². The summed E-state index contributed by atoms with van der Waals surface area (Å²) in [6.45, 7) is 1.58. The number of amides is 2. The van der Waals surface area contributed by atoms with E-state index in [4.69, 9.17) is 14.2 Å². The topological polar surface area (TPSA) is 85.9 Å². The van der Waals surface area contributed by atoms with E-state index in [9.17, 15) is 9.59 Å². The molecule has 0 aliphatic rings. The second-order valence-electron chi connectivity index (χ2n) is 5.43. The molecule has 2 aromatic carbocycles. The van der Waals surface area contributed by atoms with Gasteiger partial charge < -0.3 is 24.8 Å². The molecule has 0 atom stereocenters. The molecule has 2 amide bonds. The summed E-state index contributed by atoms with van der Waals surface area (Å²) in [6, 6.07) is 12.4. The predicted octanol–water partition coefficient (Wildman–Crippen LogP) is 2.36. The molecule has 0 fully saturated rings. The van der Waals surface area contributed by atoms with Crippen LogP contribution in [0, 0.1) is 0 Å². The number of carbonyl (C=O) groups excluding carboxylic acids is 2. The zero-order valence-electron chi connectivity index (χ0n) is 15.0. The molecule has 0 heterocycles. The van der Waals surface area contributed by atoms with Gasteiger partial charge in [-0.3, -0.25) is 9.59 Å². The van der Waals surface area contributed by atoms with Crippen molar-refractivity contribution in [1.29, 1.82) is 0 Å². The summed E-state index contributed by atoms with van der Waals surface area (Å²) >= 11 is 0. The monoisotopic (exact) mass is 358 g/mol. The first-order valence-electron chi connectivity index (χ1n) is 8.00. The Morgan fingerprint density at radius 3 is 2.38 bits per heavy atom.